The number of carbonyl (C=O) groups excluding carboxylic acids is 1. The van der Waals surface area contributed by atoms with Crippen molar-refractivity contribution in [1.82, 2.24) is 14.5 Å². The number of carbonyl (C=O) groups is 1. The van der Waals surface area contributed by atoms with Crippen molar-refractivity contribution in [3.05, 3.63) is 89.9 Å². The molecule has 27 heavy (non-hydrogen) atoms. The fourth-order valence-corrected chi connectivity index (χ4v) is 4.00. The van der Waals surface area contributed by atoms with E-state index in [4.69, 9.17) is 0 Å². The number of aromatic nitrogens is 3. The molecule has 0 saturated heterocycles. The van der Waals surface area contributed by atoms with Crippen molar-refractivity contribution in [2.75, 3.05) is 0 Å². The summed E-state index contributed by atoms with van der Waals surface area (Å²) in [6.45, 7) is 0. The summed E-state index contributed by atoms with van der Waals surface area (Å²) in [7, 11) is 1.89. The number of pyridine rings is 1. The molecular weight excluding hydrogens is 358 g/mol. The number of aryl methyl sites for hydroxylation is 1. The number of hydrogen-bond donors (Lipinski definition) is 0. The Kier molecular flexibility index (Phi) is 4.75. The third-order valence-electron chi connectivity index (χ3n) is 4.40. The summed E-state index contributed by atoms with van der Waals surface area (Å²) in [5.74, 6) is 0.921. The van der Waals surface area contributed by atoms with Crippen LogP contribution in [-0.2, 0) is 24.0 Å². The van der Waals surface area contributed by atoms with Crippen LogP contribution in [0.3, 0.4) is 0 Å². The molecule has 1 atom stereocenters. The van der Waals surface area contributed by atoms with Gasteiger partial charge in [0.1, 0.15) is 0 Å². The first-order chi connectivity index (χ1) is 13.1. The molecule has 0 aliphatic rings. The maximum Gasteiger partial charge on any atom is 0.244 e. The second-order valence-electron chi connectivity index (χ2n) is 6.14. The minimum atomic E-state index is -1.28. The third-order valence-corrected chi connectivity index (χ3v) is 5.63. The van der Waals surface area contributed by atoms with Crippen molar-refractivity contribution in [3.63, 3.8) is 0 Å². The molecule has 0 N–H and O–H groups in total. The van der Waals surface area contributed by atoms with E-state index in [1.807, 2.05) is 41.9 Å². The Labute approximate surface area is 159 Å². The molecular formula is C21H17N3O2S. The normalized spacial score (nSPS) is 12.2. The Morgan fingerprint density at radius 3 is 2.56 bits per heavy atom. The molecule has 2 aromatic heterocycles. The first-order valence-corrected chi connectivity index (χ1v) is 9.80. The molecule has 0 aliphatic carbocycles. The lowest BCUT2D eigenvalue weighted by molar-refractivity contribution is 0.103. The molecule has 1 unspecified atom stereocenters. The highest BCUT2D eigenvalue weighted by Gasteiger charge is 2.19. The summed E-state index contributed by atoms with van der Waals surface area (Å²) in [5, 5.41) is 0.532. The van der Waals surface area contributed by atoms with E-state index >= 15 is 0 Å². The fourth-order valence-electron chi connectivity index (χ4n) is 2.95. The second kappa shape index (κ2) is 7.34. The highest BCUT2D eigenvalue weighted by Crippen LogP contribution is 2.21. The molecule has 2 heterocycles. The number of ketones is 1. The van der Waals surface area contributed by atoms with Crippen LogP contribution in [0.25, 0.3) is 11.0 Å². The summed E-state index contributed by atoms with van der Waals surface area (Å²) in [4.78, 5) is 21.4. The van der Waals surface area contributed by atoms with Gasteiger partial charge >= 0.3 is 0 Å². The molecule has 0 amide bonds. The van der Waals surface area contributed by atoms with Gasteiger partial charge in [-0.05, 0) is 24.3 Å². The summed E-state index contributed by atoms with van der Waals surface area (Å²) in [6, 6.07) is 20.0. The van der Waals surface area contributed by atoms with Crippen LogP contribution in [0.4, 0.5) is 0 Å². The van der Waals surface area contributed by atoms with Crippen LogP contribution in [0.5, 0.6) is 0 Å². The molecule has 0 saturated carbocycles. The summed E-state index contributed by atoms with van der Waals surface area (Å²) in [5.41, 5.74) is 2.84. The van der Waals surface area contributed by atoms with Crippen LogP contribution >= 0.6 is 0 Å². The predicted molar refractivity (Wildman–Crippen MR) is 105 cm³/mol. The first-order valence-electron chi connectivity index (χ1n) is 8.48. The van der Waals surface area contributed by atoms with Crippen molar-refractivity contribution >= 4 is 28.0 Å². The lowest BCUT2D eigenvalue weighted by Crippen LogP contribution is -2.10. The monoisotopic (exact) mass is 375 g/mol. The number of rotatable bonds is 5. The Balaban J connectivity index is 1.65. The van der Waals surface area contributed by atoms with Gasteiger partial charge in [-0.3, -0.25) is 4.79 Å². The van der Waals surface area contributed by atoms with Gasteiger partial charge in [0.15, 0.2) is 17.4 Å². The van der Waals surface area contributed by atoms with Crippen LogP contribution in [0.15, 0.2) is 78.0 Å². The lowest BCUT2D eigenvalue weighted by atomic mass is 10.0. The zero-order chi connectivity index (χ0) is 18.8. The van der Waals surface area contributed by atoms with E-state index in [-0.39, 0.29) is 11.5 Å². The van der Waals surface area contributed by atoms with Gasteiger partial charge in [0.25, 0.3) is 0 Å². The van der Waals surface area contributed by atoms with Gasteiger partial charge in [0.2, 0.25) is 5.03 Å². The van der Waals surface area contributed by atoms with Gasteiger partial charge in [0, 0.05) is 41.6 Å². The average Bonchev–Trinajstić information content (AvgIpc) is 3.03. The van der Waals surface area contributed by atoms with Gasteiger partial charge in [-0.25, -0.2) is 9.97 Å². The molecule has 4 rings (SSSR count). The standard InChI is InChI=1S/C21H17N3O2S/c1-24-18-11-10-16(21(25)15-7-3-2-4-8-15)13-17(18)23-19(24)14-27(26)20-9-5-6-12-22-20/h2-13H,14H2,1H3. The maximum absolute atomic E-state index is 12.7. The van der Waals surface area contributed by atoms with Crippen LogP contribution in [0, 0.1) is 0 Å². The van der Waals surface area contributed by atoms with Gasteiger partial charge in [-0.2, -0.15) is 0 Å². The van der Waals surface area contributed by atoms with Crippen LogP contribution in [0.2, 0.25) is 0 Å². The van der Waals surface area contributed by atoms with Gasteiger partial charge in [-0.15, -0.1) is 0 Å². The van der Waals surface area contributed by atoms with Gasteiger partial charge in [-0.1, -0.05) is 36.4 Å². The van der Waals surface area contributed by atoms with E-state index in [1.165, 1.54) is 0 Å². The molecule has 2 aromatic carbocycles. The molecule has 0 aliphatic heterocycles. The van der Waals surface area contributed by atoms with Gasteiger partial charge < -0.3 is 9.12 Å². The van der Waals surface area contributed by atoms with E-state index in [2.05, 4.69) is 9.97 Å². The second-order valence-corrected chi connectivity index (χ2v) is 7.54. The topological polar surface area (TPSA) is 70.8 Å². The van der Waals surface area contributed by atoms with Crippen LogP contribution < -0.4 is 0 Å². The summed E-state index contributed by atoms with van der Waals surface area (Å²) < 4.78 is 14.5. The Hall–Kier alpha value is -2.96. The summed E-state index contributed by atoms with van der Waals surface area (Å²) >= 11 is -1.28. The molecule has 6 heteroatoms. The van der Waals surface area contributed by atoms with Crippen molar-refractivity contribution < 1.29 is 9.35 Å². The Morgan fingerprint density at radius 1 is 1.04 bits per heavy atom. The maximum atomic E-state index is 12.7. The van der Waals surface area contributed by atoms with E-state index < -0.39 is 11.2 Å². The van der Waals surface area contributed by atoms with E-state index in [1.54, 1.807) is 42.6 Å². The minimum Gasteiger partial charge on any atom is -0.610 e. The van der Waals surface area contributed by atoms with E-state index in [0.29, 0.717) is 27.5 Å². The van der Waals surface area contributed by atoms with Crippen molar-refractivity contribution in [1.29, 1.82) is 0 Å². The molecule has 0 fully saturated rings. The van der Waals surface area contributed by atoms with Gasteiger partial charge in [0.05, 0.1) is 11.0 Å². The molecule has 0 bridgehead atoms. The zero-order valence-corrected chi connectivity index (χ0v) is 15.5. The van der Waals surface area contributed by atoms with Crippen molar-refractivity contribution in [3.8, 4) is 0 Å². The lowest BCUT2D eigenvalue weighted by Gasteiger charge is -2.08. The predicted octanol–water partition coefficient (Wildman–Crippen LogP) is 3.51. The molecule has 134 valence electrons. The molecule has 5 nitrogen and oxygen atoms in total. The third kappa shape index (κ3) is 3.49. The number of hydrogen-bond acceptors (Lipinski definition) is 4. The van der Waals surface area contributed by atoms with E-state index in [9.17, 15) is 9.35 Å². The molecule has 4 aromatic rings. The zero-order valence-electron chi connectivity index (χ0n) is 14.7. The number of imidazole rings is 1. The quantitative estimate of drug-likeness (QED) is 0.395. The van der Waals surface area contributed by atoms with E-state index in [0.717, 1.165) is 5.52 Å². The van der Waals surface area contributed by atoms with Crippen molar-refractivity contribution in [2.45, 2.75) is 10.8 Å². The first kappa shape index (κ1) is 17.5. The largest absolute Gasteiger partial charge is 0.610 e. The fraction of sp³-hybridized carbons (Fsp3) is 0.0952. The SMILES string of the molecule is Cn1c(C[S+]([O-])c2ccccn2)nc2cc(C(=O)c3ccccc3)ccc21. The number of benzene rings is 2. The highest BCUT2D eigenvalue weighted by atomic mass is 32.2. The smallest absolute Gasteiger partial charge is 0.244 e. The Bertz CT molecular complexity index is 1090. The summed E-state index contributed by atoms with van der Waals surface area (Å²) in [6.07, 6.45) is 1.63. The number of nitrogens with zero attached hydrogens (tertiary/aromatic N) is 3. The number of fused-ring (bicyclic) bond motifs is 1. The molecule has 0 radical (unpaired) electrons. The van der Waals surface area contributed by atoms with Crippen LogP contribution in [-0.4, -0.2) is 24.9 Å². The van der Waals surface area contributed by atoms with Crippen molar-refractivity contribution in [2.24, 2.45) is 7.05 Å². The highest BCUT2D eigenvalue weighted by molar-refractivity contribution is 7.90. The minimum absolute atomic E-state index is 0.0400. The van der Waals surface area contributed by atoms with Crippen LogP contribution in [0.1, 0.15) is 21.7 Å². The Morgan fingerprint density at radius 2 is 1.81 bits per heavy atom. The average molecular weight is 375 g/mol. The molecule has 0 spiro atoms.